The maximum atomic E-state index is 13.4. The first kappa shape index (κ1) is 32.4. The Kier molecular flexibility index (Phi) is 11.8. The molecule has 1 unspecified atom stereocenters. The Balaban J connectivity index is 0.000000207. The van der Waals surface area contributed by atoms with Crippen LogP contribution < -0.4 is 24.8 Å². The van der Waals surface area contributed by atoms with E-state index in [0.717, 1.165) is 35.4 Å². The van der Waals surface area contributed by atoms with Gasteiger partial charge in [-0.2, -0.15) is 0 Å². The molecule has 0 aliphatic heterocycles. The van der Waals surface area contributed by atoms with Gasteiger partial charge in [0.25, 0.3) is 5.91 Å². The molecule has 11 heteroatoms. The van der Waals surface area contributed by atoms with E-state index in [1.54, 1.807) is 6.20 Å². The molecule has 0 radical (unpaired) electrons. The number of nitrogens with one attached hydrogen (secondary N) is 2. The molecule has 0 aliphatic carbocycles. The number of ether oxygens (including phenoxy) is 3. The normalized spacial score (nSPS) is 10.8. The lowest BCUT2D eigenvalue weighted by Crippen LogP contribution is -2.35. The van der Waals surface area contributed by atoms with E-state index in [1.807, 2.05) is 85.0 Å². The van der Waals surface area contributed by atoms with Gasteiger partial charge in [-0.25, -0.2) is 18.6 Å². The van der Waals surface area contributed by atoms with Crippen molar-refractivity contribution in [2.45, 2.75) is 13.0 Å². The minimum Gasteiger partial charge on any atom is -0.490 e. The van der Waals surface area contributed by atoms with Crippen LogP contribution >= 0.6 is 11.6 Å². The number of rotatable bonds is 9. The molecule has 0 spiro atoms. The second kappa shape index (κ2) is 16.4. The molecule has 5 rings (SSSR count). The van der Waals surface area contributed by atoms with Crippen LogP contribution in [0.1, 0.15) is 17.3 Å². The minimum atomic E-state index is -1.17. The maximum Gasteiger partial charge on any atom is 0.326 e. The fraction of sp³-hybridized carbons (Fsp3) is 0.0882. The Morgan fingerprint density at radius 2 is 1.40 bits per heavy atom. The SMILES string of the molecule is CC(COc1ccc(Oc2ccccc2)cc1)Oc1ccccn1.O=C(NC(=O)c1c(F)cccc1F)Nc1ccc(Cl)cc1. The van der Waals surface area contributed by atoms with Crippen LogP contribution in [0.2, 0.25) is 5.02 Å². The Morgan fingerprint density at radius 3 is 2.04 bits per heavy atom. The van der Waals surface area contributed by atoms with Gasteiger partial charge in [0.05, 0.1) is 0 Å². The van der Waals surface area contributed by atoms with Crippen molar-refractivity contribution >= 4 is 29.2 Å². The number of hydrogen-bond acceptors (Lipinski definition) is 6. The highest BCUT2D eigenvalue weighted by molar-refractivity contribution is 6.30. The number of anilines is 1. The predicted molar refractivity (Wildman–Crippen MR) is 167 cm³/mol. The van der Waals surface area contributed by atoms with Gasteiger partial charge < -0.3 is 19.5 Å². The van der Waals surface area contributed by atoms with Gasteiger partial charge in [-0.15, -0.1) is 0 Å². The van der Waals surface area contributed by atoms with E-state index in [2.05, 4.69) is 10.3 Å². The zero-order valence-corrected chi connectivity index (χ0v) is 24.7. The number of imide groups is 1. The standard InChI is InChI=1S/C20H19NO3.C14H9ClF2N2O2/c1-16(23-20-9-5-6-14-21-20)15-22-17-10-12-19(13-11-17)24-18-7-3-2-4-8-18;15-8-4-6-9(7-5-8)18-14(21)19-13(20)12-10(16)2-1-3-11(12)17/h2-14,16H,15H2,1H3;1-7H,(H2,18,19,20,21). The highest BCUT2D eigenvalue weighted by Crippen LogP contribution is 2.24. The fourth-order valence-corrected chi connectivity index (χ4v) is 3.80. The highest BCUT2D eigenvalue weighted by Gasteiger charge is 2.19. The molecular weight excluding hydrogens is 604 g/mol. The van der Waals surface area contributed by atoms with Gasteiger partial charge in [-0.3, -0.25) is 10.1 Å². The molecule has 2 N–H and O–H groups in total. The number of benzene rings is 4. The van der Waals surface area contributed by atoms with Crippen LogP contribution in [0, 0.1) is 11.6 Å². The number of carbonyl (C=O) groups is 2. The van der Waals surface area contributed by atoms with Crippen molar-refractivity contribution < 1.29 is 32.6 Å². The average Bonchev–Trinajstić information content (AvgIpc) is 3.03. The molecule has 0 saturated carbocycles. The molecule has 4 aromatic carbocycles. The van der Waals surface area contributed by atoms with E-state index in [1.165, 1.54) is 24.3 Å². The summed E-state index contributed by atoms with van der Waals surface area (Å²) in [5.74, 6) is -0.322. The van der Waals surface area contributed by atoms with Crippen LogP contribution in [0.15, 0.2) is 121 Å². The van der Waals surface area contributed by atoms with Crippen LogP contribution in [-0.2, 0) is 0 Å². The van der Waals surface area contributed by atoms with Crippen LogP contribution in [-0.4, -0.2) is 29.6 Å². The van der Waals surface area contributed by atoms with Crippen molar-refractivity contribution in [1.29, 1.82) is 0 Å². The second-order valence-corrected chi connectivity index (χ2v) is 9.74. The summed E-state index contributed by atoms with van der Waals surface area (Å²) >= 11 is 5.68. The molecule has 1 heterocycles. The highest BCUT2D eigenvalue weighted by atomic mass is 35.5. The topological polar surface area (TPSA) is 98.8 Å². The average molecular weight is 632 g/mol. The third-order valence-electron chi connectivity index (χ3n) is 5.77. The minimum absolute atomic E-state index is 0.0971. The van der Waals surface area contributed by atoms with Crippen molar-refractivity contribution in [2.24, 2.45) is 0 Å². The second-order valence-electron chi connectivity index (χ2n) is 9.31. The number of hydrogen-bond donors (Lipinski definition) is 2. The van der Waals surface area contributed by atoms with Crippen LogP contribution in [0.25, 0.3) is 0 Å². The maximum absolute atomic E-state index is 13.4. The molecular formula is C34H28ClF2N3O5. The summed E-state index contributed by atoms with van der Waals surface area (Å²) in [5.41, 5.74) is -0.442. The zero-order valence-electron chi connectivity index (χ0n) is 24.0. The number of nitrogens with zero attached hydrogens (tertiary/aromatic N) is 1. The molecule has 1 aromatic heterocycles. The molecule has 3 amide bonds. The van der Waals surface area contributed by atoms with E-state index >= 15 is 0 Å². The number of aromatic nitrogens is 1. The van der Waals surface area contributed by atoms with Gasteiger partial charge in [-0.05, 0) is 85.8 Å². The fourth-order valence-electron chi connectivity index (χ4n) is 3.67. The van der Waals surface area contributed by atoms with Gasteiger partial charge >= 0.3 is 6.03 Å². The van der Waals surface area contributed by atoms with Gasteiger partial charge in [0.1, 0.15) is 47.2 Å². The van der Waals surface area contributed by atoms with Crippen molar-refractivity contribution in [3.63, 3.8) is 0 Å². The predicted octanol–water partition coefficient (Wildman–Crippen LogP) is 8.30. The van der Waals surface area contributed by atoms with Crippen molar-refractivity contribution in [1.82, 2.24) is 10.3 Å². The lowest BCUT2D eigenvalue weighted by Gasteiger charge is -2.15. The summed E-state index contributed by atoms with van der Waals surface area (Å²) < 4.78 is 43.9. The van der Waals surface area contributed by atoms with Crippen LogP contribution in [0.3, 0.4) is 0 Å². The monoisotopic (exact) mass is 631 g/mol. The van der Waals surface area contributed by atoms with Gasteiger partial charge in [0, 0.05) is 23.0 Å². The first-order valence-electron chi connectivity index (χ1n) is 13.6. The Morgan fingerprint density at radius 1 is 0.778 bits per heavy atom. The molecule has 0 saturated heterocycles. The number of para-hydroxylation sites is 1. The number of urea groups is 1. The molecule has 0 aliphatic rings. The van der Waals surface area contributed by atoms with Crippen molar-refractivity contribution in [3.8, 4) is 23.1 Å². The molecule has 45 heavy (non-hydrogen) atoms. The van der Waals surface area contributed by atoms with Crippen molar-refractivity contribution in [3.05, 3.63) is 144 Å². The summed E-state index contributed by atoms with van der Waals surface area (Å²) in [6, 6.07) is 30.9. The van der Waals surface area contributed by atoms with Crippen LogP contribution in [0.4, 0.5) is 19.3 Å². The quantitative estimate of drug-likeness (QED) is 0.170. The zero-order chi connectivity index (χ0) is 32.0. The molecule has 0 fully saturated rings. The Bertz CT molecular complexity index is 1660. The molecule has 230 valence electrons. The van der Waals surface area contributed by atoms with E-state index in [4.69, 9.17) is 25.8 Å². The summed E-state index contributed by atoms with van der Waals surface area (Å²) in [6.07, 6.45) is 1.61. The summed E-state index contributed by atoms with van der Waals surface area (Å²) in [7, 11) is 0. The van der Waals surface area contributed by atoms with Crippen LogP contribution in [0.5, 0.6) is 23.1 Å². The third-order valence-corrected chi connectivity index (χ3v) is 6.02. The first-order valence-corrected chi connectivity index (χ1v) is 14.0. The Labute approximate surface area is 263 Å². The summed E-state index contributed by atoms with van der Waals surface area (Å²) in [4.78, 5) is 27.4. The number of halogens is 3. The third kappa shape index (κ3) is 10.6. The first-order chi connectivity index (χ1) is 21.8. The smallest absolute Gasteiger partial charge is 0.326 e. The van der Waals surface area contributed by atoms with Crippen molar-refractivity contribution in [2.75, 3.05) is 11.9 Å². The van der Waals surface area contributed by atoms with E-state index in [-0.39, 0.29) is 6.10 Å². The van der Waals surface area contributed by atoms with E-state index in [9.17, 15) is 18.4 Å². The lowest BCUT2D eigenvalue weighted by molar-refractivity contribution is 0.0959. The molecule has 1 atom stereocenters. The molecule has 0 bridgehead atoms. The van der Waals surface area contributed by atoms with Gasteiger partial charge in [-0.1, -0.05) is 41.9 Å². The molecule has 8 nitrogen and oxygen atoms in total. The lowest BCUT2D eigenvalue weighted by atomic mass is 10.2. The largest absolute Gasteiger partial charge is 0.490 e. The van der Waals surface area contributed by atoms with Gasteiger partial charge in [0.15, 0.2) is 0 Å². The number of pyridine rings is 1. The number of carbonyl (C=O) groups excluding carboxylic acids is 2. The van der Waals surface area contributed by atoms with E-state index in [0.29, 0.717) is 23.2 Å². The van der Waals surface area contributed by atoms with Gasteiger partial charge in [0.2, 0.25) is 5.88 Å². The number of amides is 3. The molecule has 5 aromatic rings. The van der Waals surface area contributed by atoms with E-state index < -0.39 is 29.1 Å². The Hall–Kier alpha value is -5.48. The summed E-state index contributed by atoms with van der Waals surface area (Å²) in [5, 5.41) is 4.65. The summed E-state index contributed by atoms with van der Waals surface area (Å²) in [6.45, 7) is 2.39.